The second kappa shape index (κ2) is 7.84. The predicted octanol–water partition coefficient (Wildman–Crippen LogP) is 2.91. The summed E-state index contributed by atoms with van der Waals surface area (Å²) in [5.74, 6) is -0.922. The molecule has 0 spiro atoms. The third-order valence-electron chi connectivity index (χ3n) is 6.21. The lowest BCUT2D eigenvalue weighted by molar-refractivity contribution is -0.122. The van der Waals surface area contributed by atoms with Crippen molar-refractivity contribution >= 4 is 33.2 Å². The number of nitrogens with one attached hydrogen (secondary N) is 1. The summed E-state index contributed by atoms with van der Waals surface area (Å²) in [7, 11) is -3.30. The van der Waals surface area contributed by atoms with Crippen molar-refractivity contribution in [3.63, 3.8) is 0 Å². The van der Waals surface area contributed by atoms with Gasteiger partial charge in [-0.25, -0.2) is 13.1 Å². The van der Waals surface area contributed by atoms with E-state index in [4.69, 9.17) is 0 Å². The maximum atomic E-state index is 13.2. The highest BCUT2D eigenvalue weighted by Crippen LogP contribution is 2.34. The highest BCUT2D eigenvalue weighted by Gasteiger charge is 2.38. The smallest absolute Gasteiger partial charge is 0.230 e. The van der Waals surface area contributed by atoms with Gasteiger partial charge in [-0.1, -0.05) is 35.9 Å². The molecule has 1 N–H and O–H groups in total. The molecule has 2 aliphatic heterocycles. The summed E-state index contributed by atoms with van der Waals surface area (Å²) in [4.78, 5) is 27.5. The number of hydrogen-bond acceptors (Lipinski definition) is 5. The quantitative estimate of drug-likeness (QED) is 0.640. The summed E-state index contributed by atoms with van der Waals surface area (Å²) in [6.07, 6.45) is 0.0959. The van der Waals surface area contributed by atoms with Gasteiger partial charge in [0.15, 0.2) is 9.84 Å². The maximum absolute atomic E-state index is 13.2. The molecule has 1 saturated heterocycles. The molecular weight excluding hydrogens is 440 g/mol. The first-order valence-corrected chi connectivity index (χ1v) is 12.6. The first kappa shape index (κ1) is 21.4. The molecule has 3 heterocycles. The van der Waals surface area contributed by atoms with E-state index in [2.05, 4.69) is 10.4 Å². The molecule has 33 heavy (non-hydrogen) atoms. The van der Waals surface area contributed by atoms with E-state index >= 15 is 0 Å². The molecule has 0 radical (unpaired) electrons. The number of carbonyl (C=O) groups is 2. The van der Waals surface area contributed by atoms with Crippen LogP contribution < -0.4 is 10.2 Å². The Hall–Kier alpha value is -3.46. The van der Waals surface area contributed by atoms with E-state index in [1.807, 2.05) is 62.4 Å². The number of aryl methyl sites for hydroxylation is 2. The number of sulfone groups is 1. The molecule has 2 aromatic carbocycles. The van der Waals surface area contributed by atoms with Crippen LogP contribution in [0.4, 0.5) is 11.5 Å². The molecule has 1 fully saturated rings. The van der Waals surface area contributed by atoms with E-state index in [1.54, 1.807) is 9.58 Å². The topological polar surface area (TPSA) is 101 Å². The number of aromatic nitrogens is 2. The minimum atomic E-state index is -3.30. The van der Waals surface area contributed by atoms with Crippen molar-refractivity contribution in [1.29, 1.82) is 0 Å². The summed E-state index contributed by atoms with van der Waals surface area (Å²) in [5.41, 5.74) is 4.54. The van der Waals surface area contributed by atoms with Crippen LogP contribution in [0.2, 0.25) is 0 Å². The molecule has 5 rings (SSSR count). The second-order valence-electron chi connectivity index (χ2n) is 8.73. The van der Waals surface area contributed by atoms with Gasteiger partial charge in [0.25, 0.3) is 0 Å². The fourth-order valence-electron chi connectivity index (χ4n) is 4.42. The molecule has 1 unspecified atom stereocenters. The molecule has 1 aromatic heterocycles. The lowest BCUT2D eigenvalue weighted by Gasteiger charge is -2.17. The van der Waals surface area contributed by atoms with Crippen LogP contribution in [0.15, 0.2) is 48.5 Å². The fourth-order valence-corrected chi connectivity index (χ4v) is 5.92. The third-order valence-corrected chi connectivity index (χ3v) is 7.66. The van der Waals surface area contributed by atoms with E-state index in [0.717, 1.165) is 22.5 Å². The number of hydrogen-bond donors (Lipinski definition) is 1. The Balaban J connectivity index is 1.44. The lowest BCUT2D eigenvalue weighted by atomic mass is 10.1. The minimum Gasteiger partial charge on any atom is -0.312 e. The van der Waals surface area contributed by atoms with Crippen LogP contribution in [0.3, 0.4) is 0 Å². The largest absolute Gasteiger partial charge is 0.312 e. The zero-order chi connectivity index (χ0) is 23.3. The van der Waals surface area contributed by atoms with Gasteiger partial charge in [0.1, 0.15) is 5.82 Å². The zero-order valence-electron chi connectivity index (χ0n) is 18.4. The van der Waals surface area contributed by atoms with Crippen molar-refractivity contribution in [2.75, 3.05) is 16.8 Å². The number of benzene rings is 2. The summed E-state index contributed by atoms with van der Waals surface area (Å²) >= 11 is 0. The van der Waals surface area contributed by atoms with Gasteiger partial charge in [0, 0.05) is 24.2 Å². The van der Waals surface area contributed by atoms with E-state index in [9.17, 15) is 18.0 Å². The van der Waals surface area contributed by atoms with E-state index in [0.29, 0.717) is 17.1 Å². The number of para-hydroxylation sites is 1. The molecule has 9 heteroatoms. The summed E-state index contributed by atoms with van der Waals surface area (Å²) in [6, 6.07) is 15.2. The van der Waals surface area contributed by atoms with Crippen LogP contribution >= 0.6 is 0 Å². The molecular formula is C24H24N4O4S. The molecule has 2 amide bonds. The van der Waals surface area contributed by atoms with E-state index in [-0.39, 0.29) is 36.3 Å². The Morgan fingerprint density at radius 3 is 2.52 bits per heavy atom. The Morgan fingerprint density at radius 2 is 1.79 bits per heavy atom. The monoisotopic (exact) mass is 464 g/mol. The van der Waals surface area contributed by atoms with Crippen LogP contribution in [-0.4, -0.2) is 36.6 Å². The molecule has 0 bridgehead atoms. The Morgan fingerprint density at radius 1 is 1.06 bits per heavy atom. The molecule has 170 valence electrons. The number of rotatable bonds is 4. The van der Waals surface area contributed by atoms with Gasteiger partial charge in [0.2, 0.25) is 11.8 Å². The highest BCUT2D eigenvalue weighted by atomic mass is 32.2. The van der Waals surface area contributed by atoms with Gasteiger partial charge in [-0.2, -0.15) is 5.10 Å². The first-order valence-electron chi connectivity index (χ1n) is 10.8. The average molecular weight is 465 g/mol. The van der Waals surface area contributed by atoms with Gasteiger partial charge in [-0.3, -0.25) is 9.59 Å². The van der Waals surface area contributed by atoms with Crippen LogP contribution in [0.25, 0.3) is 5.69 Å². The van der Waals surface area contributed by atoms with E-state index < -0.39 is 15.8 Å². The van der Waals surface area contributed by atoms with Crippen LogP contribution in [-0.2, 0) is 30.9 Å². The average Bonchev–Trinajstić information content (AvgIpc) is 3.39. The van der Waals surface area contributed by atoms with Crippen LogP contribution in [0.5, 0.6) is 0 Å². The van der Waals surface area contributed by atoms with Gasteiger partial charge >= 0.3 is 0 Å². The number of fused-ring (bicyclic) bond motifs is 1. The first-order chi connectivity index (χ1) is 15.7. The molecule has 1 atom stereocenters. The molecule has 0 saturated carbocycles. The van der Waals surface area contributed by atoms with Crippen LogP contribution in [0, 0.1) is 19.8 Å². The highest BCUT2D eigenvalue weighted by molar-refractivity contribution is 7.90. The summed E-state index contributed by atoms with van der Waals surface area (Å²) in [6.45, 7) is 4.17. The maximum Gasteiger partial charge on any atom is 0.230 e. The number of nitrogens with zero attached hydrogens (tertiary/aromatic N) is 3. The fraction of sp³-hybridized carbons (Fsp3) is 0.292. The van der Waals surface area contributed by atoms with E-state index in [1.165, 1.54) is 0 Å². The van der Waals surface area contributed by atoms with Crippen LogP contribution in [0.1, 0.15) is 28.8 Å². The lowest BCUT2D eigenvalue weighted by Crippen LogP contribution is -2.29. The van der Waals surface area contributed by atoms with Crippen molar-refractivity contribution in [1.82, 2.24) is 9.78 Å². The Kier molecular flexibility index (Phi) is 5.08. The molecule has 2 aliphatic rings. The number of anilines is 2. The number of amides is 2. The SMILES string of the molecule is Cc1ccc(N2CC(C(=O)Nc3c4c(nn3-c3ccccc3C)CS(=O)(=O)C4)CC2=O)cc1. The van der Waals surface area contributed by atoms with Gasteiger partial charge in [-0.05, 0) is 37.6 Å². The standard InChI is InChI=1S/C24H24N4O4S/c1-15-7-9-18(10-8-15)27-12-17(11-22(27)29)24(30)25-23-19-13-33(31,32)14-20(19)26-28(23)21-6-4-3-5-16(21)2/h3-10,17H,11-14H2,1-2H3,(H,25,30). The Labute approximate surface area is 192 Å². The van der Waals surface area contributed by atoms with Gasteiger partial charge in [0.05, 0.1) is 28.8 Å². The van der Waals surface area contributed by atoms with Crippen molar-refractivity contribution in [2.45, 2.75) is 31.8 Å². The van der Waals surface area contributed by atoms with Crippen molar-refractivity contribution < 1.29 is 18.0 Å². The van der Waals surface area contributed by atoms with Crippen molar-refractivity contribution in [3.8, 4) is 5.69 Å². The normalized spacial score (nSPS) is 19.0. The summed E-state index contributed by atoms with van der Waals surface area (Å²) < 4.78 is 26.0. The zero-order valence-corrected chi connectivity index (χ0v) is 19.2. The predicted molar refractivity (Wildman–Crippen MR) is 125 cm³/mol. The molecule has 0 aliphatic carbocycles. The second-order valence-corrected chi connectivity index (χ2v) is 10.8. The van der Waals surface area contributed by atoms with Gasteiger partial charge in [-0.15, -0.1) is 0 Å². The summed E-state index contributed by atoms with van der Waals surface area (Å²) in [5, 5.41) is 7.44. The van der Waals surface area contributed by atoms with Crippen molar-refractivity contribution in [2.24, 2.45) is 5.92 Å². The number of carbonyl (C=O) groups excluding carboxylic acids is 2. The minimum absolute atomic E-state index is 0.0959. The third kappa shape index (κ3) is 3.93. The molecule has 8 nitrogen and oxygen atoms in total. The van der Waals surface area contributed by atoms with Crippen molar-refractivity contribution in [3.05, 3.63) is 70.9 Å². The van der Waals surface area contributed by atoms with Gasteiger partial charge < -0.3 is 10.2 Å². The Bertz CT molecular complexity index is 1380. The molecule has 3 aromatic rings.